The lowest BCUT2D eigenvalue weighted by molar-refractivity contribution is -0.118. The molecule has 1 aliphatic rings. The first kappa shape index (κ1) is 12.0. The second-order valence-electron chi connectivity index (χ2n) is 4.97. The van der Waals surface area contributed by atoms with Gasteiger partial charge in [0.15, 0.2) is 0 Å². The first-order chi connectivity index (χ1) is 8.00. The summed E-state index contributed by atoms with van der Waals surface area (Å²) >= 11 is 0. The van der Waals surface area contributed by atoms with E-state index < -0.39 is 0 Å². The van der Waals surface area contributed by atoms with Gasteiger partial charge in [0.25, 0.3) is 0 Å². The van der Waals surface area contributed by atoms with Crippen LogP contribution in [-0.2, 0) is 11.2 Å². The predicted octanol–water partition coefficient (Wildman–Crippen LogP) is 2.44. The van der Waals surface area contributed by atoms with Crippen LogP contribution in [0.5, 0.6) is 0 Å². The number of hydrogen-bond acceptors (Lipinski definition) is 2. The van der Waals surface area contributed by atoms with Gasteiger partial charge in [0.05, 0.1) is 0 Å². The molecule has 1 heterocycles. The molecule has 0 bridgehead atoms. The molecule has 3 heteroatoms. The highest BCUT2D eigenvalue weighted by atomic mass is 16.2. The lowest BCUT2D eigenvalue weighted by Crippen LogP contribution is -2.31. The molecule has 0 atom stereocenters. The van der Waals surface area contributed by atoms with E-state index in [1.807, 2.05) is 7.05 Å². The molecule has 0 unspecified atom stereocenters. The third kappa shape index (κ3) is 2.14. The first-order valence-corrected chi connectivity index (χ1v) is 6.13. The number of nitrogens with zero attached hydrogens (tertiary/aromatic N) is 2. The van der Waals surface area contributed by atoms with Gasteiger partial charge in [-0.25, -0.2) is 0 Å². The molecule has 0 N–H and O–H groups in total. The van der Waals surface area contributed by atoms with Crippen molar-refractivity contribution in [3.05, 3.63) is 23.8 Å². The number of fused-ring (bicyclic) bond motifs is 1. The average molecular weight is 232 g/mol. The van der Waals surface area contributed by atoms with Gasteiger partial charge in [0.1, 0.15) is 0 Å². The van der Waals surface area contributed by atoms with Crippen molar-refractivity contribution in [1.82, 2.24) is 0 Å². The summed E-state index contributed by atoms with van der Waals surface area (Å²) in [5.41, 5.74) is 3.56. The number of rotatable bonds is 2. The van der Waals surface area contributed by atoms with E-state index in [2.05, 4.69) is 44.0 Å². The fourth-order valence-electron chi connectivity index (χ4n) is 2.16. The van der Waals surface area contributed by atoms with Crippen LogP contribution in [0.2, 0.25) is 0 Å². The maximum atomic E-state index is 11.6. The van der Waals surface area contributed by atoms with Crippen LogP contribution >= 0.6 is 0 Å². The van der Waals surface area contributed by atoms with Gasteiger partial charge in [0, 0.05) is 37.9 Å². The van der Waals surface area contributed by atoms with E-state index in [9.17, 15) is 4.79 Å². The van der Waals surface area contributed by atoms with Crippen LogP contribution in [0, 0.1) is 0 Å². The molecule has 0 saturated carbocycles. The molecule has 1 aromatic rings. The topological polar surface area (TPSA) is 23.6 Å². The van der Waals surface area contributed by atoms with Gasteiger partial charge in [0.2, 0.25) is 5.91 Å². The molecule has 0 aromatic heterocycles. The van der Waals surface area contributed by atoms with E-state index >= 15 is 0 Å². The number of anilines is 2. The van der Waals surface area contributed by atoms with Gasteiger partial charge in [-0.3, -0.25) is 4.79 Å². The number of hydrogen-bond donors (Lipinski definition) is 0. The molecular formula is C14H20N2O. The Hall–Kier alpha value is -1.51. The van der Waals surface area contributed by atoms with E-state index in [0.29, 0.717) is 12.5 Å². The highest BCUT2D eigenvalue weighted by Gasteiger charge is 2.21. The molecule has 0 aliphatic carbocycles. The van der Waals surface area contributed by atoms with Crippen LogP contribution in [0.15, 0.2) is 18.2 Å². The van der Waals surface area contributed by atoms with Crippen molar-refractivity contribution >= 4 is 17.3 Å². The molecule has 1 amide bonds. The predicted molar refractivity (Wildman–Crippen MR) is 71.7 cm³/mol. The molecule has 1 aromatic carbocycles. The average Bonchev–Trinajstić information content (AvgIpc) is 2.32. The third-order valence-corrected chi connectivity index (χ3v) is 3.59. The summed E-state index contributed by atoms with van der Waals surface area (Å²) in [5.74, 6) is 0.211. The second-order valence-corrected chi connectivity index (χ2v) is 4.97. The molecule has 0 spiro atoms. The Kier molecular flexibility index (Phi) is 3.09. The zero-order valence-corrected chi connectivity index (χ0v) is 11.0. The minimum atomic E-state index is 0.211. The van der Waals surface area contributed by atoms with Crippen LogP contribution in [0.25, 0.3) is 0 Å². The molecule has 17 heavy (non-hydrogen) atoms. The highest BCUT2D eigenvalue weighted by Crippen LogP contribution is 2.30. The zero-order valence-electron chi connectivity index (χ0n) is 11.0. The number of aryl methyl sites for hydroxylation is 1. The Morgan fingerprint density at radius 3 is 2.65 bits per heavy atom. The van der Waals surface area contributed by atoms with Crippen LogP contribution < -0.4 is 9.80 Å². The van der Waals surface area contributed by atoms with Crippen LogP contribution in [0.1, 0.15) is 25.8 Å². The minimum Gasteiger partial charge on any atom is -0.372 e. The maximum absolute atomic E-state index is 11.6. The summed E-state index contributed by atoms with van der Waals surface area (Å²) in [7, 11) is 3.95. The highest BCUT2D eigenvalue weighted by molar-refractivity contribution is 5.96. The quantitative estimate of drug-likeness (QED) is 0.782. The molecule has 0 radical (unpaired) electrons. The van der Waals surface area contributed by atoms with E-state index in [4.69, 9.17) is 0 Å². The molecule has 92 valence electrons. The van der Waals surface area contributed by atoms with Crippen molar-refractivity contribution in [3.63, 3.8) is 0 Å². The number of amides is 1. The Labute approximate surface area is 103 Å². The number of benzene rings is 1. The molecule has 0 fully saturated rings. The fourth-order valence-corrected chi connectivity index (χ4v) is 2.16. The molecule has 0 saturated heterocycles. The lowest BCUT2D eigenvalue weighted by atomic mass is 10.0. The van der Waals surface area contributed by atoms with Crippen molar-refractivity contribution in [2.24, 2.45) is 0 Å². The Bertz CT molecular complexity index is 440. The first-order valence-electron chi connectivity index (χ1n) is 6.13. The lowest BCUT2D eigenvalue weighted by Gasteiger charge is -2.29. The summed E-state index contributed by atoms with van der Waals surface area (Å²) in [6, 6.07) is 6.84. The van der Waals surface area contributed by atoms with Crippen molar-refractivity contribution in [2.45, 2.75) is 32.7 Å². The van der Waals surface area contributed by atoms with Crippen molar-refractivity contribution < 1.29 is 4.79 Å². The van der Waals surface area contributed by atoms with Gasteiger partial charge >= 0.3 is 0 Å². The molecular weight excluding hydrogens is 212 g/mol. The van der Waals surface area contributed by atoms with Gasteiger partial charge < -0.3 is 9.80 Å². The summed E-state index contributed by atoms with van der Waals surface area (Å²) in [5, 5.41) is 0. The van der Waals surface area contributed by atoms with Gasteiger partial charge in [-0.2, -0.15) is 0 Å². The Morgan fingerprint density at radius 2 is 2.00 bits per heavy atom. The molecule has 1 aliphatic heterocycles. The molecule has 3 nitrogen and oxygen atoms in total. The molecule has 2 rings (SSSR count). The number of carbonyl (C=O) groups is 1. The smallest absolute Gasteiger partial charge is 0.227 e. The van der Waals surface area contributed by atoms with Crippen molar-refractivity contribution in [1.29, 1.82) is 0 Å². The standard InChI is InChI=1S/C14H20N2O/c1-10(2)15(3)12-6-7-13-11(9-12)5-8-14(17)16(13)4/h6-7,9-10H,5,8H2,1-4H3. The van der Waals surface area contributed by atoms with E-state index in [-0.39, 0.29) is 5.91 Å². The van der Waals surface area contributed by atoms with E-state index in [1.165, 1.54) is 11.3 Å². The summed E-state index contributed by atoms with van der Waals surface area (Å²) in [6.45, 7) is 4.35. The SMILES string of the molecule is CC(C)N(C)c1ccc2c(c1)CCC(=O)N2C. The van der Waals surface area contributed by atoms with Gasteiger partial charge in [-0.1, -0.05) is 0 Å². The normalized spacial score (nSPS) is 15.1. The van der Waals surface area contributed by atoms with Crippen LogP contribution in [0.3, 0.4) is 0 Å². The Balaban J connectivity index is 2.35. The second kappa shape index (κ2) is 4.40. The summed E-state index contributed by atoms with van der Waals surface area (Å²) < 4.78 is 0. The fraction of sp³-hybridized carbons (Fsp3) is 0.500. The summed E-state index contributed by atoms with van der Waals surface area (Å²) in [6.07, 6.45) is 1.48. The van der Waals surface area contributed by atoms with Crippen LogP contribution in [0.4, 0.5) is 11.4 Å². The monoisotopic (exact) mass is 232 g/mol. The van der Waals surface area contributed by atoms with E-state index in [1.54, 1.807) is 4.90 Å². The third-order valence-electron chi connectivity index (χ3n) is 3.59. The van der Waals surface area contributed by atoms with Crippen molar-refractivity contribution in [2.75, 3.05) is 23.9 Å². The zero-order chi connectivity index (χ0) is 12.6. The largest absolute Gasteiger partial charge is 0.372 e. The Morgan fingerprint density at radius 1 is 1.29 bits per heavy atom. The number of carbonyl (C=O) groups excluding carboxylic acids is 1. The van der Waals surface area contributed by atoms with Gasteiger partial charge in [-0.15, -0.1) is 0 Å². The van der Waals surface area contributed by atoms with Crippen molar-refractivity contribution in [3.8, 4) is 0 Å². The van der Waals surface area contributed by atoms with Crippen LogP contribution in [-0.4, -0.2) is 26.0 Å². The van der Waals surface area contributed by atoms with Gasteiger partial charge in [-0.05, 0) is 44.0 Å². The van der Waals surface area contributed by atoms with E-state index in [0.717, 1.165) is 12.1 Å². The minimum absolute atomic E-state index is 0.211. The summed E-state index contributed by atoms with van der Waals surface area (Å²) in [4.78, 5) is 15.6. The maximum Gasteiger partial charge on any atom is 0.227 e.